The average molecular weight is 243 g/mol. The molecule has 0 saturated carbocycles. The first-order valence-electron chi connectivity index (χ1n) is 5.82. The fourth-order valence-corrected chi connectivity index (χ4v) is 2.08. The highest BCUT2D eigenvalue weighted by molar-refractivity contribution is 5.20. The molecule has 2 nitrogen and oxygen atoms in total. The molecule has 0 aliphatic carbocycles. The maximum atomic E-state index is 13.5. The first-order valence-corrected chi connectivity index (χ1v) is 5.82. The van der Waals surface area contributed by atoms with Crippen molar-refractivity contribution in [3.05, 3.63) is 35.4 Å². The summed E-state index contributed by atoms with van der Waals surface area (Å²) in [7, 11) is 0. The topological polar surface area (TPSA) is 46.2 Å². The molecule has 3 N–H and O–H groups in total. The summed E-state index contributed by atoms with van der Waals surface area (Å²) in [6, 6.07) is 3.36. The van der Waals surface area contributed by atoms with Gasteiger partial charge in [-0.2, -0.15) is 0 Å². The van der Waals surface area contributed by atoms with E-state index in [2.05, 4.69) is 0 Å². The molecule has 0 heterocycles. The monoisotopic (exact) mass is 243 g/mol. The van der Waals surface area contributed by atoms with Crippen molar-refractivity contribution in [2.75, 3.05) is 13.2 Å². The highest BCUT2D eigenvalue weighted by Crippen LogP contribution is 2.28. The fraction of sp³-hybridized carbons (Fsp3) is 0.538. The van der Waals surface area contributed by atoms with E-state index in [-0.39, 0.29) is 25.1 Å². The Kier molecular flexibility index (Phi) is 5.02. The summed E-state index contributed by atoms with van der Waals surface area (Å²) in [5, 5.41) is 9.43. The third-order valence-corrected chi connectivity index (χ3v) is 3.12. The van der Waals surface area contributed by atoms with Gasteiger partial charge < -0.3 is 10.8 Å². The second-order valence-electron chi connectivity index (χ2n) is 4.52. The van der Waals surface area contributed by atoms with Crippen LogP contribution in [0.15, 0.2) is 18.2 Å². The molecule has 96 valence electrons. The van der Waals surface area contributed by atoms with Gasteiger partial charge in [0.05, 0.1) is 6.61 Å². The Morgan fingerprint density at radius 3 is 2.59 bits per heavy atom. The van der Waals surface area contributed by atoms with Gasteiger partial charge in [-0.05, 0) is 36.6 Å². The van der Waals surface area contributed by atoms with Gasteiger partial charge in [0.2, 0.25) is 0 Å². The van der Waals surface area contributed by atoms with Crippen LogP contribution in [-0.4, -0.2) is 18.3 Å². The molecule has 4 heteroatoms. The molecule has 0 aromatic heterocycles. The summed E-state index contributed by atoms with van der Waals surface area (Å²) in [5.74, 6) is -0.921. The lowest BCUT2D eigenvalue weighted by atomic mass is 9.78. The maximum Gasteiger partial charge on any atom is 0.126 e. The Balaban J connectivity index is 2.96. The number of rotatable bonds is 6. The van der Waals surface area contributed by atoms with Crippen molar-refractivity contribution in [1.29, 1.82) is 0 Å². The number of nitrogens with two attached hydrogens (primary N) is 1. The minimum atomic E-state index is -0.552. The van der Waals surface area contributed by atoms with Crippen LogP contribution in [-0.2, 0) is 6.42 Å². The van der Waals surface area contributed by atoms with Gasteiger partial charge in [-0.3, -0.25) is 0 Å². The highest BCUT2D eigenvalue weighted by Gasteiger charge is 2.28. The van der Waals surface area contributed by atoms with Gasteiger partial charge in [-0.1, -0.05) is 13.3 Å². The first-order chi connectivity index (χ1) is 8.06. The van der Waals surface area contributed by atoms with E-state index in [9.17, 15) is 13.9 Å². The summed E-state index contributed by atoms with van der Waals surface area (Å²) >= 11 is 0. The predicted octanol–water partition coefficient (Wildman–Crippen LogP) is 2.24. The molecular formula is C13H19F2NO. The van der Waals surface area contributed by atoms with Gasteiger partial charge in [0.25, 0.3) is 0 Å². The molecule has 0 aliphatic rings. The first kappa shape index (κ1) is 14.1. The molecule has 0 fully saturated rings. The van der Waals surface area contributed by atoms with Crippen LogP contribution in [0.25, 0.3) is 0 Å². The van der Waals surface area contributed by atoms with E-state index in [1.165, 1.54) is 6.07 Å². The van der Waals surface area contributed by atoms with E-state index < -0.39 is 17.0 Å². The zero-order chi connectivity index (χ0) is 12.9. The highest BCUT2D eigenvalue weighted by atomic mass is 19.1. The predicted molar refractivity (Wildman–Crippen MR) is 63.5 cm³/mol. The summed E-state index contributed by atoms with van der Waals surface area (Å²) in [5.41, 5.74) is 5.39. The minimum absolute atomic E-state index is 0.118. The van der Waals surface area contributed by atoms with Gasteiger partial charge >= 0.3 is 0 Å². The van der Waals surface area contributed by atoms with Crippen molar-refractivity contribution >= 4 is 0 Å². The lowest BCUT2D eigenvalue weighted by Crippen LogP contribution is -2.36. The van der Waals surface area contributed by atoms with Crippen molar-refractivity contribution in [3.8, 4) is 0 Å². The number of hydrogen-bond donors (Lipinski definition) is 2. The standard InChI is InChI=1S/C13H19F2NO/c1-2-5-13(8-16,9-17)7-10-6-11(14)3-4-12(10)15/h3-4,6,17H,2,5,7-9,16H2,1H3. The van der Waals surface area contributed by atoms with E-state index in [1.807, 2.05) is 6.92 Å². The van der Waals surface area contributed by atoms with Gasteiger partial charge in [-0.15, -0.1) is 0 Å². The molecule has 0 amide bonds. The minimum Gasteiger partial charge on any atom is -0.396 e. The molecule has 1 aromatic rings. The Morgan fingerprint density at radius 2 is 2.06 bits per heavy atom. The summed E-state index contributed by atoms with van der Waals surface area (Å²) in [6.45, 7) is 2.11. The van der Waals surface area contributed by atoms with E-state index in [1.54, 1.807) is 0 Å². The molecule has 1 unspecified atom stereocenters. The molecule has 0 aliphatic heterocycles. The van der Waals surface area contributed by atoms with Crippen LogP contribution in [0.3, 0.4) is 0 Å². The van der Waals surface area contributed by atoms with Crippen LogP contribution in [0.2, 0.25) is 0 Å². The molecule has 1 rings (SSSR count). The average Bonchev–Trinajstić information content (AvgIpc) is 2.33. The van der Waals surface area contributed by atoms with Crippen molar-refractivity contribution in [3.63, 3.8) is 0 Å². The number of benzene rings is 1. The quantitative estimate of drug-likeness (QED) is 0.805. The van der Waals surface area contributed by atoms with Crippen molar-refractivity contribution in [2.45, 2.75) is 26.2 Å². The molecular weight excluding hydrogens is 224 g/mol. The van der Waals surface area contributed by atoms with Crippen molar-refractivity contribution in [1.82, 2.24) is 0 Å². The van der Waals surface area contributed by atoms with Crippen LogP contribution in [0.1, 0.15) is 25.3 Å². The SMILES string of the molecule is CCCC(CN)(CO)Cc1cc(F)ccc1F. The van der Waals surface area contributed by atoms with Gasteiger partial charge in [0, 0.05) is 12.0 Å². The zero-order valence-corrected chi connectivity index (χ0v) is 10.0. The second kappa shape index (κ2) is 6.07. The van der Waals surface area contributed by atoms with E-state index in [4.69, 9.17) is 5.73 Å². The Hall–Kier alpha value is -1.00. The third kappa shape index (κ3) is 3.48. The van der Waals surface area contributed by atoms with Crippen LogP contribution >= 0.6 is 0 Å². The molecule has 0 saturated heterocycles. The van der Waals surface area contributed by atoms with Crippen LogP contribution in [0, 0.1) is 17.0 Å². The summed E-state index contributed by atoms with van der Waals surface area (Å²) in [6.07, 6.45) is 1.79. The Morgan fingerprint density at radius 1 is 1.35 bits per heavy atom. The fourth-order valence-electron chi connectivity index (χ4n) is 2.08. The molecule has 17 heavy (non-hydrogen) atoms. The molecule has 1 atom stereocenters. The normalized spacial score (nSPS) is 14.6. The Bertz CT molecular complexity index is 364. The summed E-state index contributed by atoms with van der Waals surface area (Å²) in [4.78, 5) is 0. The number of halogens is 2. The second-order valence-corrected chi connectivity index (χ2v) is 4.52. The van der Waals surface area contributed by atoms with Crippen LogP contribution in [0.4, 0.5) is 8.78 Å². The van der Waals surface area contributed by atoms with E-state index in [0.717, 1.165) is 18.6 Å². The number of aliphatic hydroxyl groups is 1. The molecule has 1 aromatic carbocycles. The summed E-state index contributed by atoms with van der Waals surface area (Å²) < 4.78 is 26.6. The lowest BCUT2D eigenvalue weighted by Gasteiger charge is -2.30. The number of hydrogen-bond acceptors (Lipinski definition) is 2. The van der Waals surface area contributed by atoms with Crippen LogP contribution in [0.5, 0.6) is 0 Å². The van der Waals surface area contributed by atoms with Gasteiger partial charge in [0.1, 0.15) is 11.6 Å². The smallest absolute Gasteiger partial charge is 0.126 e. The molecule has 0 radical (unpaired) electrons. The largest absolute Gasteiger partial charge is 0.396 e. The maximum absolute atomic E-state index is 13.5. The molecule has 0 spiro atoms. The number of aliphatic hydroxyl groups excluding tert-OH is 1. The molecule has 0 bridgehead atoms. The van der Waals surface area contributed by atoms with Gasteiger partial charge in [-0.25, -0.2) is 8.78 Å². The van der Waals surface area contributed by atoms with Crippen LogP contribution < -0.4 is 5.73 Å². The van der Waals surface area contributed by atoms with Gasteiger partial charge in [0.15, 0.2) is 0 Å². The van der Waals surface area contributed by atoms with Crippen molar-refractivity contribution in [2.24, 2.45) is 11.1 Å². The zero-order valence-electron chi connectivity index (χ0n) is 10.0. The van der Waals surface area contributed by atoms with E-state index >= 15 is 0 Å². The van der Waals surface area contributed by atoms with Crippen molar-refractivity contribution < 1.29 is 13.9 Å². The lowest BCUT2D eigenvalue weighted by molar-refractivity contribution is 0.120. The van der Waals surface area contributed by atoms with E-state index in [0.29, 0.717) is 6.42 Å². The Labute approximate surface area is 100 Å². The third-order valence-electron chi connectivity index (χ3n) is 3.12.